The number of nitrogens with one attached hydrogen (secondary N) is 1. The lowest BCUT2D eigenvalue weighted by molar-refractivity contribution is -0.119. The van der Waals surface area contributed by atoms with Crippen LogP contribution in [0.5, 0.6) is 5.75 Å². The van der Waals surface area contributed by atoms with E-state index in [1.165, 1.54) is 4.31 Å². The molecule has 0 saturated carbocycles. The summed E-state index contributed by atoms with van der Waals surface area (Å²) in [6.07, 6.45) is 2.36. The number of para-hydroxylation sites is 1. The molecule has 3 rings (SSSR count). The summed E-state index contributed by atoms with van der Waals surface area (Å²) in [5, 5.41) is 2.91. The number of carbonyl (C=O) groups is 1. The van der Waals surface area contributed by atoms with Gasteiger partial charge in [-0.15, -0.1) is 0 Å². The van der Waals surface area contributed by atoms with Crippen LogP contribution in [0.1, 0.15) is 12.8 Å². The van der Waals surface area contributed by atoms with E-state index in [-0.39, 0.29) is 5.91 Å². The van der Waals surface area contributed by atoms with Gasteiger partial charge < -0.3 is 10.1 Å². The Kier molecular flexibility index (Phi) is 5.29. The van der Waals surface area contributed by atoms with Crippen LogP contribution in [0.25, 0.3) is 11.1 Å². The van der Waals surface area contributed by atoms with Crippen molar-refractivity contribution in [3.8, 4) is 16.9 Å². The first-order valence-corrected chi connectivity index (χ1v) is 10.3. The summed E-state index contributed by atoms with van der Waals surface area (Å²) in [6.45, 7) is 0.386. The number of methoxy groups -OCH3 is 1. The Morgan fingerprint density at radius 3 is 2.50 bits per heavy atom. The minimum absolute atomic E-state index is 0.297. The molecule has 1 atom stereocenters. The third-order valence-electron chi connectivity index (χ3n) is 4.52. The van der Waals surface area contributed by atoms with E-state index in [0.717, 1.165) is 23.1 Å². The number of ether oxygens (including phenoxy) is 1. The maximum Gasteiger partial charge on any atom is 0.242 e. The third-order valence-corrected chi connectivity index (χ3v) is 5.81. The normalized spacial score (nSPS) is 17.8. The molecule has 0 radical (unpaired) electrons. The largest absolute Gasteiger partial charge is 0.497 e. The van der Waals surface area contributed by atoms with Crippen LogP contribution in [0.4, 0.5) is 5.69 Å². The Morgan fingerprint density at radius 2 is 1.85 bits per heavy atom. The van der Waals surface area contributed by atoms with Crippen molar-refractivity contribution in [1.82, 2.24) is 4.31 Å². The SMILES string of the molecule is COc1ccc(-c2ccccc2NC(=O)[C@H]2CCCN2S(C)(=O)=O)cc1. The summed E-state index contributed by atoms with van der Waals surface area (Å²) >= 11 is 0. The number of rotatable bonds is 5. The van der Waals surface area contributed by atoms with Crippen LogP contribution in [0.15, 0.2) is 48.5 Å². The molecule has 6 nitrogen and oxygen atoms in total. The molecule has 0 bridgehead atoms. The summed E-state index contributed by atoms with van der Waals surface area (Å²) in [5.41, 5.74) is 2.46. The Morgan fingerprint density at radius 1 is 1.15 bits per heavy atom. The van der Waals surface area contributed by atoms with Crippen molar-refractivity contribution in [3.63, 3.8) is 0 Å². The quantitative estimate of drug-likeness (QED) is 0.873. The summed E-state index contributed by atoms with van der Waals surface area (Å²) in [6, 6.07) is 14.4. The second kappa shape index (κ2) is 7.47. The van der Waals surface area contributed by atoms with Crippen molar-refractivity contribution in [2.24, 2.45) is 0 Å². The van der Waals surface area contributed by atoms with E-state index in [0.29, 0.717) is 25.1 Å². The number of hydrogen-bond donors (Lipinski definition) is 1. The zero-order chi connectivity index (χ0) is 18.7. The van der Waals surface area contributed by atoms with E-state index in [4.69, 9.17) is 4.74 Å². The molecule has 0 aromatic heterocycles. The highest BCUT2D eigenvalue weighted by Crippen LogP contribution is 2.30. The van der Waals surface area contributed by atoms with Gasteiger partial charge in [0.2, 0.25) is 15.9 Å². The number of sulfonamides is 1. The molecule has 1 fully saturated rings. The van der Waals surface area contributed by atoms with Gasteiger partial charge in [0.25, 0.3) is 0 Å². The topological polar surface area (TPSA) is 75.7 Å². The lowest BCUT2D eigenvalue weighted by Crippen LogP contribution is -2.42. The molecule has 0 unspecified atom stereocenters. The zero-order valence-electron chi connectivity index (χ0n) is 14.8. The molecule has 2 aromatic carbocycles. The Bertz CT molecular complexity index is 894. The molecule has 1 saturated heterocycles. The highest BCUT2D eigenvalue weighted by molar-refractivity contribution is 7.88. The fourth-order valence-electron chi connectivity index (χ4n) is 3.23. The van der Waals surface area contributed by atoms with Crippen molar-refractivity contribution in [3.05, 3.63) is 48.5 Å². The summed E-state index contributed by atoms with van der Waals surface area (Å²) in [5.74, 6) is 0.457. The summed E-state index contributed by atoms with van der Waals surface area (Å²) < 4.78 is 30.2. The highest BCUT2D eigenvalue weighted by atomic mass is 32.2. The van der Waals surface area contributed by atoms with Gasteiger partial charge in [0.1, 0.15) is 11.8 Å². The van der Waals surface area contributed by atoms with E-state index in [1.807, 2.05) is 48.5 Å². The third kappa shape index (κ3) is 3.89. The van der Waals surface area contributed by atoms with Crippen LogP contribution in [0.2, 0.25) is 0 Å². The minimum Gasteiger partial charge on any atom is -0.497 e. The van der Waals surface area contributed by atoms with Gasteiger partial charge in [-0.25, -0.2) is 8.42 Å². The van der Waals surface area contributed by atoms with Gasteiger partial charge >= 0.3 is 0 Å². The molecule has 1 aliphatic rings. The van der Waals surface area contributed by atoms with Gasteiger partial charge in [-0.1, -0.05) is 30.3 Å². The fraction of sp³-hybridized carbons (Fsp3) is 0.316. The predicted octanol–water partition coefficient (Wildman–Crippen LogP) is 2.72. The molecule has 1 aliphatic heterocycles. The summed E-state index contributed by atoms with van der Waals surface area (Å²) in [4.78, 5) is 12.7. The van der Waals surface area contributed by atoms with E-state index in [1.54, 1.807) is 7.11 Å². The number of nitrogens with zero attached hydrogens (tertiary/aromatic N) is 1. The molecule has 138 valence electrons. The van der Waals surface area contributed by atoms with Crippen molar-refractivity contribution in [2.75, 3.05) is 25.2 Å². The van der Waals surface area contributed by atoms with Crippen LogP contribution in [-0.4, -0.2) is 44.6 Å². The van der Waals surface area contributed by atoms with Crippen LogP contribution in [0, 0.1) is 0 Å². The summed E-state index contributed by atoms with van der Waals surface area (Å²) in [7, 11) is -1.79. The van der Waals surface area contributed by atoms with Gasteiger partial charge in [0.05, 0.1) is 13.4 Å². The lowest BCUT2D eigenvalue weighted by atomic mass is 10.0. The van der Waals surface area contributed by atoms with Crippen molar-refractivity contribution in [1.29, 1.82) is 0 Å². The monoisotopic (exact) mass is 374 g/mol. The van der Waals surface area contributed by atoms with Crippen LogP contribution in [0.3, 0.4) is 0 Å². The van der Waals surface area contributed by atoms with Crippen LogP contribution in [-0.2, 0) is 14.8 Å². The fourth-order valence-corrected chi connectivity index (χ4v) is 4.35. The van der Waals surface area contributed by atoms with Crippen molar-refractivity contribution < 1.29 is 17.9 Å². The first-order chi connectivity index (χ1) is 12.4. The Balaban J connectivity index is 1.85. The first-order valence-electron chi connectivity index (χ1n) is 8.41. The molecule has 7 heteroatoms. The maximum absolute atomic E-state index is 12.7. The Labute approximate surface area is 153 Å². The molecule has 1 amide bonds. The van der Waals surface area contributed by atoms with Gasteiger partial charge in [-0.05, 0) is 36.6 Å². The average molecular weight is 374 g/mol. The minimum atomic E-state index is -3.40. The number of amides is 1. The van der Waals surface area contributed by atoms with E-state index in [9.17, 15) is 13.2 Å². The molecular formula is C19H22N2O4S. The first kappa shape index (κ1) is 18.4. The van der Waals surface area contributed by atoms with Crippen molar-refractivity contribution >= 4 is 21.6 Å². The average Bonchev–Trinajstić information content (AvgIpc) is 3.13. The molecule has 0 aliphatic carbocycles. The lowest BCUT2D eigenvalue weighted by Gasteiger charge is -2.22. The number of carbonyl (C=O) groups excluding carboxylic acids is 1. The standard InChI is InChI=1S/C19H22N2O4S/c1-25-15-11-9-14(10-12-15)16-6-3-4-7-17(16)20-19(22)18-8-5-13-21(18)26(2,23)24/h3-4,6-7,9-12,18H,5,8,13H2,1-2H3,(H,20,22)/t18-/m1/s1. The highest BCUT2D eigenvalue weighted by Gasteiger charge is 2.36. The molecule has 1 N–H and O–H groups in total. The van der Waals surface area contributed by atoms with E-state index < -0.39 is 16.1 Å². The van der Waals surface area contributed by atoms with E-state index in [2.05, 4.69) is 5.32 Å². The molecular weight excluding hydrogens is 352 g/mol. The van der Waals surface area contributed by atoms with Gasteiger partial charge in [-0.3, -0.25) is 4.79 Å². The maximum atomic E-state index is 12.7. The molecule has 1 heterocycles. The van der Waals surface area contributed by atoms with Crippen molar-refractivity contribution in [2.45, 2.75) is 18.9 Å². The number of benzene rings is 2. The second-order valence-electron chi connectivity index (χ2n) is 6.30. The van der Waals surface area contributed by atoms with E-state index >= 15 is 0 Å². The van der Waals surface area contributed by atoms with Gasteiger partial charge in [0.15, 0.2) is 0 Å². The molecule has 26 heavy (non-hydrogen) atoms. The predicted molar refractivity (Wildman–Crippen MR) is 102 cm³/mol. The van der Waals surface area contributed by atoms with Crippen LogP contribution < -0.4 is 10.1 Å². The number of anilines is 1. The smallest absolute Gasteiger partial charge is 0.242 e. The molecule has 0 spiro atoms. The molecule has 2 aromatic rings. The number of hydrogen-bond acceptors (Lipinski definition) is 4. The van der Waals surface area contributed by atoms with Crippen LogP contribution >= 0.6 is 0 Å². The second-order valence-corrected chi connectivity index (χ2v) is 8.23. The zero-order valence-corrected chi connectivity index (χ0v) is 15.6. The Hall–Kier alpha value is -2.38. The van der Waals surface area contributed by atoms with Gasteiger partial charge in [-0.2, -0.15) is 4.31 Å². The van der Waals surface area contributed by atoms with Gasteiger partial charge in [0, 0.05) is 17.8 Å².